The summed E-state index contributed by atoms with van der Waals surface area (Å²) in [6.45, 7) is 0. The van der Waals surface area contributed by atoms with Crippen molar-refractivity contribution in [3.05, 3.63) is 30.3 Å². The lowest BCUT2D eigenvalue weighted by molar-refractivity contribution is -0.172. The summed E-state index contributed by atoms with van der Waals surface area (Å²) in [4.78, 5) is 21.1. The second kappa shape index (κ2) is 4.65. The number of carbonyl (C=O) groups is 2. The Morgan fingerprint density at radius 1 is 1.25 bits per heavy atom. The molecule has 2 amide bonds. The van der Waals surface area contributed by atoms with Crippen LogP contribution in [0, 0.1) is 6.07 Å². The van der Waals surface area contributed by atoms with Crippen LogP contribution in [0.5, 0.6) is 5.75 Å². The Labute approximate surface area is 88.0 Å². The fourth-order valence-corrected chi connectivity index (χ4v) is 0.736. The van der Waals surface area contributed by atoms with Crippen molar-refractivity contribution in [1.82, 2.24) is 5.32 Å². The van der Waals surface area contributed by atoms with Gasteiger partial charge in [-0.25, -0.2) is 4.79 Å². The summed E-state index contributed by atoms with van der Waals surface area (Å²) in [7, 11) is 0. The van der Waals surface area contributed by atoms with Gasteiger partial charge in [-0.3, -0.25) is 10.1 Å². The largest absolute Gasteiger partial charge is 0.471 e. The first-order valence-corrected chi connectivity index (χ1v) is 3.95. The summed E-state index contributed by atoms with van der Waals surface area (Å²) in [6, 6.07) is 8.01. The molecule has 16 heavy (non-hydrogen) atoms. The van der Waals surface area contributed by atoms with Gasteiger partial charge in [-0.2, -0.15) is 13.2 Å². The number of nitrogens with one attached hydrogen (secondary N) is 1. The lowest BCUT2D eigenvalue weighted by Crippen LogP contribution is -2.41. The molecule has 0 aliphatic carbocycles. The van der Waals surface area contributed by atoms with Gasteiger partial charge in [0, 0.05) is 0 Å². The molecule has 0 aliphatic rings. The van der Waals surface area contributed by atoms with Gasteiger partial charge in [0.25, 0.3) is 0 Å². The van der Waals surface area contributed by atoms with Crippen molar-refractivity contribution in [1.29, 1.82) is 0 Å². The fourth-order valence-electron chi connectivity index (χ4n) is 0.736. The van der Waals surface area contributed by atoms with E-state index in [2.05, 4.69) is 10.8 Å². The molecule has 1 aromatic rings. The number of ether oxygens (including phenoxy) is 1. The summed E-state index contributed by atoms with van der Waals surface area (Å²) >= 11 is 0. The molecule has 0 saturated carbocycles. The summed E-state index contributed by atoms with van der Waals surface area (Å²) in [6.07, 6.45) is -6.61. The number of imide groups is 1. The highest BCUT2D eigenvalue weighted by atomic mass is 19.4. The zero-order valence-electron chi connectivity index (χ0n) is 7.67. The SMILES string of the molecule is O=C(NC(=O)C(F)(F)F)Oc1cc[c]cc1. The van der Waals surface area contributed by atoms with Crippen molar-refractivity contribution in [2.24, 2.45) is 0 Å². The lowest BCUT2D eigenvalue weighted by atomic mass is 10.3. The molecule has 0 spiro atoms. The molecule has 1 radical (unpaired) electrons. The molecule has 0 fully saturated rings. The maximum atomic E-state index is 11.7. The summed E-state index contributed by atoms with van der Waals surface area (Å²) < 4.78 is 39.6. The molecule has 0 heterocycles. The van der Waals surface area contributed by atoms with Gasteiger partial charge < -0.3 is 4.74 Å². The molecule has 7 heteroatoms. The maximum Gasteiger partial charge on any atom is 0.471 e. The number of halogens is 3. The summed E-state index contributed by atoms with van der Waals surface area (Å²) in [5, 5.41) is 1.03. The number of rotatable bonds is 1. The van der Waals surface area contributed by atoms with Gasteiger partial charge in [-0.05, 0) is 18.2 Å². The standard InChI is InChI=1S/C9H5F3NO3/c10-9(11,12)7(14)13-8(15)16-6-4-2-1-3-5-6/h2-5H,(H,13,14,15). The van der Waals surface area contributed by atoms with E-state index >= 15 is 0 Å². The van der Waals surface area contributed by atoms with E-state index in [0.717, 1.165) is 5.32 Å². The summed E-state index contributed by atoms with van der Waals surface area (Å²) in [5.74, 6) is -2.37. The van der Waals surface area contributed by atoms with E-state index < -0.39 is 18.2 Å². The van der Waals surface area contributed by atoms with Crippen LogP contribution in [0.4, 0.5) is 18.0 Å². The van der Waals surface area contributed by atoms with Crippen LogP contribution in [0.1, 0.15) is 0 Å². The third-order valence-electron chi connectivity index (χ3n) is 1.37. The number of amides is 2. The highest BCUT2D eigenvalue weighted by Crippen LogP contribution is 2.14. The molecule has 1 rings (SSSR count). The molecule has 4 nitrogen and oxygen atoms in total. The second-order valence-electron chi connectivity index (χ2n) is 2.58. The number of alkyl halides is 3. The smallest absolute Gasteiger partial charge is 0.410 e. The van der Waals surface area contributed by atoms with E-state index in [0.29, 0.717) is 0 Å². The minimum Gasteiger partial charge on any atom is -0.410 e. The number of benzene rings is 1. The molecular weight excluding hydrogens is 227 g/mol. The molecule has 1 N–H and O–H groups in total. The van der Waals surface area contributed by atoms with E-state index in [1.54, 1.807) is 0 Å². The van der Waals surface area contributed by atoms with Crippen LogP contribution in [0.3, 0.4) is 0 Å². The first-order chi connectivity index (χ1) is 7.39. The van der Waals surface area contributed by atoms with E-state index in [-0.39, 0.29) is 5.75 Å². The van der Waals surface area contributed by atoms with Gasteiger partial charge in [0.15, 0.2) is 0 Å². The third-order valence-corrected chi connectivity index (χ3v) is 1.37. The molecule has 0 bridgehead atoms. The van der Waals surface area contributed by atoms with Crippen molar-refractivity contribution in [2.45, 2.75) is 6.18 Å². The Morgan fingerprint density at radius 2 is 1.81 bits per heavy atom. The number of hydrogen-bond acceptors (Lipinski definition) is 3. The predicted octanol–water partition coefficient (Wildman–Crippen LogP) is 1.66. The van der Waals surface area contributed by atoms with Crippen LogP contribution in [-0.4, -0.2) is 18.2 Å². The van der Waals surface area contributed by atoms with E-state index in [9.17, 15) is 22.8 Å². The van der Waals surface area contributed by atoms with Crippen molar-refractivity contribution in [2.75, 3.05) is 0 Å². The quantitative estimate of drug-likeness (QED) is 0.801. The molecule has 0 unspecified atom stereocenters. The van der Waals surface area contributed by atoms with E-state index in [1.807, 2.05) is 0 Å². The Morgan fingerprint density at radius 3 is 2.31 bits per heavy atom. The van der Waals surface area contributed by atoms with Crippen LogP contribution in [-0.2, 0) is 4.79 Å². The van der Waals surface area contributed by atoms with Crippen molar-refractivity contribution >= 4 is 12.0 Å². The third kappa shape index (κ3) is 3.60. The molecule has 85 valence electrons. The van der Waals surface area contributed by atoms with Crippen LogP contribution >= 0.6 is 0 Å². The maximum absolute atomic E-state index is 11.7. The Balaban J connectivity index is 2.52. The molecule has 0 aliphatic heterocycles. The fraction of sp³-hybridized carbons (Fsp3) is 0.111. The monoisotopic (exact) mass is 232 g/mol. The lowest BCUT2D eigenvalue weighted by Gasteiger charge is -2.07. The van der Waals surface area contributed by atoms with E-state index in [4.69, 9.17) is 0 Å². The molecule has 0 atom stereocenters. The van der Waals surface area contributed by atoms with Crippen molar-refractivity contribution in [3.63, 3.8) is 0 Å². The zero-order chi connectivity index (χ0) is 12.2. The Hall–Kier alpha value is -2.05. The van der Waals surface area contributed by atoms with Gasteiger partial charge in [-0.1, -0.05) is 12.1 Å². The Bertz CT molecular complexity index is 389. The van der Waals surface area contributed by atoms with Crippen LogP contribution in [0.15, 0.2) is 24.3 Å². The first-order valence-electron chi connectivity index (χ1n) is 3.95. The second-order valence-corrected chi connectivity index (χ2v) is 2.58. The number of carbonyl (C=O) groups excluding carboxylic acids is 2. The molecule has 0 saturated heterocycles. The van der Waals surface area contributed by atoms with Crippen molar-refractivity contribution in [3.8, 4) is 5.75 Å². The van der Waals surface area contributed by atoms with Gasteiger partial charge in [0.1, 0.15) is 5.75 Å². The predicted molar refractivity (Wildman–Crippen MR) is 45.5 cm³/mol. The summed E-state index contributed by atoms with van der Waals surface area (Å²) in [5.41, 5.74) is 0. The minimum atomic E-state index is -5.12. The molecule has 0 aromatic heterocycles. The first kappa shape index (κ1) is 12.0. The highest BCUT2D eigenvalue weighted by molar-refractivity contribution is 5.95. The van der Waals surface area contributed by atoms with Crippen LogP contribution in [0.25, 0.3) is 0 Å². The minimum absolute atomic E-state index is 0.00576. The van der Waals surface area contributed by atoms with Crippen molar-refractivity contribution < 1.29 is 27.5 Å². The number of hydrogen-bond donors (Lipinski definition) is 1. The van der Waals surface area contributed by atoms with Gasteiger partial charge in [0.2, 0.25) is 0 Å². The van der Waals surface area contributed by atoms with Crippen LogP contribution < -0.4 is 10.1 Å². The normalized spacial score (nSPS) is 10.7. The van der Waals surface area contributed by atoms with Gasteiger partial charge in [-0.15, -0.1) is 0 Å². The van der Waals surface area contributed by atoms with Crippen LogP contribution in [0.2, 0.25) is 0 Å². The highest BCUT2D eigenvalue weighted by Gasteiger charge is 2.40. The molecular formula is C9H5F3NO3. The Kier molecular flexibility index (Phi) is 3.49. The molecule has 1 aromatic carbocycles. The topological polar surface area (TPSA) is 55.4 Å². The zero-order valence-corrected chi connectivity index (χ0v) is 7.67. The van der Waals surface area contributed by atoms with E-state index in [1.165, 1.54) is 24.3 Å². The van der Waals surface area contributed by atoms with Gasteiger partial charge in [0.05, 0.1) is 0 Å². The average molecular weight is 232 g/mol. The average Bonchev–Trinajstić information content (AvgIpc) is 2.17. The van der Waals surface area contributed by atoms with Gasteiger partial charge >= 0.3 is 18.2 Å².